The highest BCUT2D eigenvalue weighted by atomic mass is 19.1. The van der Waals surface area contributed by atoms with Crippen molar-refractivity contribution in [3.8, 4) is 28.8 Å². The zero-order valence-corrected chi connectivity index (χ0v) is 27.8. The Morgan fingerprint density at radius 3 is 2.57 bits per heavy atom. The molecule has 0 aliphatic carbocycles. The SMILES string of the molecule is CC(C)(C=C(C#N)C(=O)N1CCC[C@@H](c2nc(-c3ccc(Oc4ccccc4)cc3F)c3c(N)ncnn23)C1)N1CCN(C2COC2)CC1. The largest absolute Gasteiger partial charge is 0.457 e. The molecule has 1 atom stereocenters. The molecule has 3 aliphatic rings. The number of hydrogen-bond acceptors (Lipinski definition) is 10. The van der Waals surface area contributed by atoms with Gasteiger partial charge < -0.3 is 20.1 Å². The van der Waals surface area contributed by atoms with Crippen LogP contribution in [0.1, 0.15) is 38.4 Å². The van der Waals surface area contributed by atoms with E-state index in [-0.39, 0.29) is 28.8 Å². The number of amides is 1. The maximum atomic E-state index is 15.7. The number of nitriles is 1. The minimum Gasteiger partial charge on any atom is -0.457 e. The molecule has 0 spiro atoms. The van der Waals surface area contributed by atoms with Crippen molar-refractivity contribution in [2.45, 2.75) is 44.2 Å². The number of ether oxygens (including phenoxy) is 2. The van der Waals surface area contributed by atoms with E-state index in [9.17, 15) is 10.1 Å². The Labute approximate surface area is 284 Å². The summed E-state index contributed by atoms with van der Waals surface area (Å²) >= 11 is 0. The Bertz CT molecular complexity index is 1910. The summed E-state index contributed by atoms with van der Waals surface area (Å²) in [4.78, 5) is 29.4. The number of anilines is 1. The number of hydrogen-bond donors (Lipinski definition) is 1. The smallest absolute Gasteiger partial charge is 0.264 e. The van der Waals surface area contributed by atoms with Gasteiger partial charge in [-0.2, -0.15) is 10.4 Å². The molecule has 13 heteroatoms. The number of piperazine rings is 1. The van der Waals surface area contributed by atoms with Gasteiger partial charge in [0.2, 0.25) is 0 Å². The van der Waals surface area contributed by atoms with E-state index in [1.54, 1.807) is 33.7 Å². The lowest BCUT2D eigenvalue weighted by Gasteiger charge is -2.46. The number of likely N-dealkylation sites (tertiary alicyclic amines) is 1. The summed E-state index contributed by atoms with van der Waals surface area (Å²) in [6.07, 6.45) is 4.59. The van der Waals surface area contributed by atoms with Crippen molar-refractivity contribution >= 4 is 17.2 Å². The van der Waals surface area contributed by atoms with E-state index >= 15 is 4.39 Å². The van der Waals surface area contributed by atoms with Crippen LogP contribution in [0.3, 0.4) is 0 Å². The van der Waals surface area contributed by atoms with Crippen LogP contribution in [-0.4, -0.2) is 104 Å². The summed E-state index contributed by atoms with van der Waals surface area (Å²) in [6, 6.07) is 16.4. The van der Waals surface area contributed by atoms with Crippen molar-refractivity contribution in [3.63, 3.8) is 0 Å². The zero-order chi connectivity index (χ0) is 34.1. The van der Waals surface area contributed by atoms with Gasteiger partial charge in [-0.1, -0.05) is 18.2 Å². The standard InChI is InChI=1S/C36H40FN9O3/c1-36(2,45-15-13-43(14-16-45)26-21-48-22-26)18-25(19-38)35(47)44-12-6-7-24(20-44)34-42-31(32-33(39)40-23-41-46(32)34)29-11-10-28(17-30(29)37)49-27-8-4-3-5-9-27/h3-5,8-11,17-18,23-24,26H,6-7,12-16,20-22H2,1-2H3,(H2,39,40,41)/t24-/m1/s1. The summed E-state index contributed by atoms with van der Waals surface area (Å²) in [5.74, 6) is 0.586. The number of aromatic nitrogens is 4. The van der Waals surface area contributed by atoms with Gasteiger partial charge in [0.25, 0.3) is 5.91 Å². The van der Waals surface area contributed by atoms with Crippen LogP contribution in [0.4, 0.5) is 10.2 Å². The number of nitrogens with two attached hydrogens (primary N) is 1. The third kappa shape index (κ3) is 6.59. The zero-order valence-electron chi connectivity index (χ0n) is 27.8. The van der Waals surface area contributed by atoms with Crippen LogP contribution in [0.5, 0.6) is 11.5 Å². The lowest BCUT2D eigenvalue weighted by atomic mass is 9.94. The highest BCUT2D eigenvalue weighted by Gasteiger charge is 2.36. The summed E-state index contributed by atoms with van der Waals surface area (Å²) in [7, 11) is 0. The Hall–Kier alpha value is -4.90. The van der Waals surface area contributed by atoms with Gasteiger partial charge in [-0.3, -0.25) is 14.6 Å². The van der Waals surface area contributed by atoms with Gasteiger partial charge in [0, 0.05) is 62.4 Å². The predicted octanol–water partition coefficient (Wildman–Crippen LogP) is 4.26. The van der Waals surface area contributed by atoms with E-state index in [0.29, 0.717) is 54.1 Å². The van der Waals surface area contributed by atoms with Gasteiger partial charge >= 0.3 is 0 Å². The van der Waals surface area contributed by atoms with E-state index in [4.69, 9.17) is 20.2 Å². The van der Waals surface area contributed by atoms with Gasteiger partial charge in [0.1, 0.15) is 52.3 Å². The summed E-state index contributed by atoms with van der Waals surface area (Å²) in [5, 5.41) is 14.6. The van der Waals surface area contributed by atoms with Crippen LogP contribution in [-0.2, 0) is 9.53 Å². The minimum atomic E-state index is -0.534. The first-order chi connectivity index (χ1) is 23.7. The van der Waals surface area contributed by atoms with E-state index in [1.807, 2.05) is 24.3 Å². The average molecular weight is 666 g/mol. The molecule has 4 aromatic rings. The lowest BCUT2D eigenvalue weighted by Crippen LogP contribution is -2.59. The fraction of sp³-hybridized carbons (Fsp3) is 0.417. The molecule has 1 amide bonds. The first kappa shape index (κ1) is 32.6. The molecule has 3 saturated heterocycles. The number of benzene rings is 2. The molecule has 5 heterocycles. The van der Waals surface area contributed by atoms with Crippen molar-refractivity contribution in [2.24, 2.45) is 0 Å². The molecular formula is C36H40FN9O3. The second-order valence-electron chi connectivity index (χ2n) is 13.4. The third-order valence-electron chi connectivity index (χ3n) is 9.85. The number of halogens is 1. The molecule has 12 nitrogen and oxygen atoms in total. The molecule has 0 bridgehead atoms. The maximum Gasteiger partial charge on any atom is 0.264 e. The quantitative estimate of drug-likeness (QED) is 0.215. The number of nitrogens with zero attached hydrogens (tertiary/aromatic N) is 8. The minimum absolute atomic E-state index is 0.126. The van der Waals surface area contributed by atoms with E-state index in [1.165, 1.54) is 12.4 Å². The Kier molecular flexibility index (Phi) is 9.02. The molecule has 2 N–H and O–H groups in total. The number of piperidine rings is 1. The van der Waals surface area contributed by atoms with Crippen molar-refractivity contribution < 1.29 is 18.7 Å². The second kappa shape index (κ2) is 13.5. The fourth-order valence-electron chi connectivity index (χ4n) is 7.03. The van der Waals surface area contributed by atoms with Crippen LogP contribution in [0.25, 0.3) is 16.8 Å². The van der Waals surface area contributed by atoms with E-state index in [2.05, 4.69) is 39.8 Å². The predicted molar refractivity (Wildman–Crippen MR) is 181 cm³/mol. The van der Waals surface area contributed by atoms with E-state index < -0.39 is 11.4 Å². The van der Waals surface area contributed by atoms with Gasteiger partial charge in [0.15, 0.2) is 5.82 Å². The lowest BCUT2D eigenvalue weighted by molar-refractivity contribution is -0.128. The highest BCUT2D eigenvalue weighted by Crippen LogP contribution is 2.36. The average Bonchev–Trinajstić information content (AvgIpc) is 3.48. The van der Waals surface area contributed by atoms with Crippen LogP contribution < -0.4 is 10.5 Å². The first-order valence-electron chi connectivity index (χ1n) is 16.7. The molecule has 0 saturated carbocycles. The van der Waals surface area contributed by atoms with Crippen molar-refractivity contribution in [1.29, 1.82) is 5.26 Å². The van der Waals surface area contributed by atoms with Crippen LogP contribution >= 0.6 is 0 Å². The summed E-state index contributed by atoms with van der Waals surface area (Å²) in [5.41, 5.74) is 6.90. The molecule has 2 aromatic heterocycles. The number of rotatable bonds is 8. The molecule has 0 unspecified atom stereocenters. The van der Waals surface area contributed by atoms with Gasteiger partial charge in [-0.25, -0.2) is 18.9 Å². The van der Waals surface area contributed by atoms with Crippen LogP contribution in [0.15, 0.2) is 66.5 Å². The van der Waals surface area contributed by atoms with Crippen molar-refractivity contribution in [2.75, 3.05) is 58.2 Å². The van der Waals surface area contributed by atoms with Crippen molar-refractivity contribution in [3.05, 3.63) is 78.1 Å². The summed E-state index contributed by atoms with van der Waals surface area (Å²) in [6.45, 7) is 10.1. The molecule has 7 rings (SSSR count). The van der Waals surface area contributed by atoms with Gasteiger partial charge in [-0.05, 0) is 57.0 Å². The normalized spacial score (nSPS) is 19.8. The number of nitrogen functional groups attached to an aromatic ring is 1. The second-order valence-corrected chi connectivity index (χ2v) is 13.4. The van der Waals surface area contributed by atoms with Crippen molar-refractivity contribution in [1.82, 2.24) is 34.3 Å². The topological polar surface area (TPSA) is 138 Å². The molecule has 3 aliphatic heterocycles. The Morgan fingerprint density at radius 1 is 1.10 bits per heavy atom. The molecular weight excluding hydrogens is 625 g/mol. The monoisotopic (exact) mass is 665 g/mol. The van der Waals surface area contributed by atoms with Gasteiger partial charge in [-0.15, -0.1) is 0 Å². The Morgan fingerprint density at radius 2 is 1.88 bits per heavy atom. The number of imidazole rings is 1. The number of para-hydroxylation sites is 1. The van der Waals surface area contributed by atoms with Crippen LogP contribution in [0.2, 0.25) is 0 Å². The summed E-state index contributed by atoms with van der Waals surface area (Å²) < 4.78 is 28.5. The maximum absolute atomic E-state index is 15.7. The molecule has 254 valence electrons. The number of carbonyl (C=O) groups excluding carboxylic acids is 1. The number of fused-ring (bicyclic) bond motifs is 1. The molecule has 49 heavy (non-hydrogen) atoms. The number of carbonyl (C=O) groups is 1. The third-order valence-corrected chi connectivity index (χ3v) is 9.85. The van der Waals surface area contributed by atoms with Crippen LogP contribution in [0, 0.1) is 17.1 Å². The van der Waals surface area contributed by atoms with Gasteiger partial charge in [0.05, 0.1) is 19.3 Å². The molecule has 0 radical (unpaired) electrons. The molecule has 3 fully saturated rings. The highest BCUT2D eigenvalue weighted by molar-refractivity contribution is 5.97. The molecule has 2 aromatic carbocycles. The van der Waals surface area contributed by atoms with E-state index in [0.717, 1.165) is 45.8 Å². The fourth-order valence-corrected chi connectivity index (χ4v) is 7.03. The first-order valence-corrected chi connectivity index (χ1v) is 16.7. The Balaban J connectivity index is 1.11.